The molecule has 12 heteroatoms. The van der Waals surface area contributed by atoms with Gasteiger partial charge >= 0.3 is 6.09 Å². The zero-order valence-corrected chi connectivity index (χ0v) is 15.3. The number of rotatable bonds is 4. The van der Waals surface area contributed by atoms with Crippen LogP contribution in [-0.4, -0.2) is 70.0 Å². The molecule has 2 aliphatic heterocycles. The van der Waals surface area contributed by atoms with Gasteiger partial charge in [-0.05, 0) is 25.2 Å². The van der Waals surface area contributed by atoms with Gasteiger partial charge in [-0.3, -0.25) is 0 Å². The second-order valence-corrected chi connectivity index (χ2v) is 10.0. The third-order valence-electron chi connectivity index (χ3n) is 3.49. The van der Waals surface area contributed by atoms with Crippen molar-refractivity contribution in [1.29, 1.82) is 0 Å². The fourth-order valence-electron chi connectivity index (χ4n) is 2.50. The van der Waals surface area contributed by atoms with Crippen molar-refractivity contribution in [1.82, 2.24) is 16.0 Å². The third-order valence-corrected chi connectivity index (χ3v) is 6.86. The molecule has 0 aromatic heterocycles. The van der Waals surface area contributed by atoms with Crippen molar-refractivity contribution < 1.29 is 26.4 Å². The summed E-state index contributed by atoms with van der Waals surface area (Å²) in [7, 11) is -6.55. The Balaban J connectivity index is 1.94. The molecule has 0 radical (unpaired) electrons. The van der Waals surface area contributed by atoms with Crippen molar-refractivity contribution in [2.45, 2.75) is 25.0 Å². The lowest BCUT2D eigenvalue weighted by atomic mass is 10.2. The standard InChI is InChI=1S/C12H19N3O6S3/c1-2-21-12(16)15-10-7-24(19,20)6-9(10)14-11(22)13-8-3-4-23(17,18)5-8/h3-4,8-10H,2,5-7H2,1H3,(H,15,16)(H2,13,14,22). The molecule has 0 bridgehead atoms. The number of thiocarbonyl (C=S) groups is 1. The quantitative estimate of drug-likeness (QED) is 0.494. The van der Waals surface area contributed by atoms with Gasteiger partial charge in [-0.25, -0.2) is 21.6 Å². The number of carbonyl (C=O) groups is 1. The summed E-state index contributed by atoms with van der Waals surface area (Å²) in [5.74, 6) is -0.517. The molecule has 24 heavy (non-hydrogen) atoms. The van der Waals surface area contributed by atoms with Gasteiger partial charge in [-0.1, -0.05) is 0 Å². The summed E-state index contributed by atoms with van der Waals surface area (Å²) < 4.78 is 51.1. The van der Waals surface area contributed by atoms with Crippen LogP contribution >= 0.6 is 12.2 Å². The van der Waals surface area contributed by atoms with Crippen LogP contribution in [0.1, 0.15) is 6.92 Å². The highest BCUT2D eigenvalue weighted by molar-refractivity contribution is 7.94. The predicted molar refractivity (Wildman–Crippen MR) is 92.0 cm³/mol. The number of hydrogen-bond acceptors (Lipinski definition) is 7. The molecule has 3 unspecified atom stereocenters. The first-order valence-electron chi connectivity index (χ1n) is 7.22. The summed E-state index contributed by atoms with van der Waals surface area (Å²) in [4.78, 5) is 11.5. The number of nitrogens with one attached hydrogen (secondary N) is 3. The molecule has 0 aromatic rings. The van der Waals surface area contributed by atoms with Crippen molar-refractivity contribution in [2.24, 2.45) is 0 Å². The Labute approximate surface area is 146 Å². The van der Waals surface area contributed by atoms with Crippen LogP contribution < -0.4 is 16.0 Å². The third kappa shape index (κ3) is 5.31. The first-order chi connectivity index (χ1) is 11.1. The minimum absolute atomic E-state index is 0.109. The van der Waals surface area contributed by atoms with Crippen LogP contribution in [0.2, 0.25) is 0 Å². The fourth-order valence-corrected chi connectivity index (χ4v) is 5.90. The molecule has 2 rings (SSSR count). The van der Waals surface area contributed by atoms with Crippen molar-refractivity contribution in [3.63, 3.8) is 0 Å². The SMILES string of the molecule is CCOC(=O)NC1CS(=O)(=O)CC1NC(=S)NC1C=CS(=O)(=O)C1. The average Bonchev–Trinajstić information content (AvgIpc) is 2.88. The van der Waals surface area contributed by atoms with Crippen LogP contribution in [0, 0.1) is 0 Å². The van der Waals surface area contributed by atoms with E-state index in [1.165, 1.54) is 6.08 Å². The van der Waals surface area contributed by atoms with Crippen LogP contribution in [0.4, 0.5) is 4.79 Å². The molecule has 9 nitrogen and oxygen atoms in total. The lowest BCUT2D eigenvalue weighted by Gasteiger charge is -2.23. The molecule has 2 heterocycles. The highest BCUT2D eigenvalue weighted by atomic mass is 32.2. The Kier molecular flexibility index (Phi) is 5.71. The van der Waals surface area contributed by atoms with Crippen LogP contribution in [0.15, 0.2) is 11.5 Å². The largest absolute Gasteiger partial charge is 0.450 e. The van der Waals surface area contributed by atoms with E-state index in [0.29, 0.717) is 0 Å². The van der Waals surface area contributed by atoms with E-state index in [4.69, 9.17) is 17.0 Å². The van der Waals surface area contributed by atoms with Gasteiger partial charge in [0.25, 0.3) is 0 Å². The van der Waals surface area contributed by atoms with E-state index in [2.05, 4.69) is 16.0 Å². The smallest absolute Gasteiger partial charge is 0.407 e. The molecule has 1 saturated heterocycles. The highest BCUT2D eigenvalue weighted by Gasteiger charge is 2.39. The van der Waals surface area contributed by atoms with E-state index < -0.39 is 43.9 Å². The normalized spacial score (nSPS) is 29.8. The molecule has 136 valence electrons. The van der Waals surface area contributed by atoms with Crippen LogP contribution in [-0.2, 0) is 24.4 Å². The lowest BCUT2D eigenvalue weighted by molar-refractivity contribution is 0.148. The van der Waals surface area contributed by atoms with Crippen molar-refractivity contribution in [3.05, 3.63) is 11.5 Å². The summed E-state index contributed by atoms with van der Waals surface area (Å²) in [5, 5.41) is 9.36. The van der Waals surface area contributed by atoms with Gasteiger partial charge in [0.05, 0.1) is 42.0 Å². The Morgan fingerprint density at radius 2 is 1.75 bits per heavy atom. The van der Waals surface area contributed by atoms with E-state index in [9.17, 15) is 21.6 Å². The second-order valence-electron chi connectivity index (χ2n) is 5.54. The molecule has 0 spiro atoms. The van der Waals surface area contributed by atoms with Crippen LogP contribution in [0.25, 0.3) is 0 Å². The highest BCUT2D eigenvalue weighted by Crippen LogP contribution is 2.14. The average molecular weight is 398 g/mol. The maximum atomic E-state index is 11.8. The Hall–Kier alpha value is -1.40. The minimum Gasteiger partial charge on any atom is -0.450 e. The maximum absolute atomic E-state index is 11.8. The number of amides is 1. The minimum atomic E-state index is -3.33. The summed E-state index contributed by atoms with van der Waals surface area (Å²) in [5.41, 5.74) is 0. The molecule has 0 aliphatic carbocycles. The van der Waals surface area contributed by atoms with Gasteiger partial charge in [0.1, 0.15) is 0 Å². The lowest BCUT2D eigenvalue weighted by Crippen LogP contribution is -2.54. The Morgan fingerprint density at radius 1 is 1.12 bits per heavy atom. The molecule has 0 saturated carbocycles. The molecular weight excluding hydrogens is 378 g/mol. The molecule has 0 aromatic carbocycles. The van der Waals surface area contributed by atoms with Crippen molar-refractivity contribution in [2.75, 3.05) is 23.9 Å². The van der Waals surface area contributed by atoms with Crippen LogP contribution in [0.3, 0.4) is 0 Å². The topological polar surface area (TPSA) is 131 Å². The van der Waals surface area contributed by atoms with Gasteiger partial charge in [0.15, 0.2) is 24.8 Å². The maximum Gasteiger partial charge on any atom is 0.407 e. The van der Waals surface area contributed by atoms with Gasteiger partial charge in [0, 0.05) is 5.41 Å². The van der Waals surface area contributed by atoms with Crippen molar-refractivity contribution >= 4 is 43.1 Å². The number of alkyl carbamates (subject to hydrolysis) is 1. The summed E-state index contributed by atoms with van der Waals surface area (Å²) in [6, 6.07) is -1.78. The zero-order valence-electron chi connectivity index (χ0n) is 12.9. The number of carbonyl (C=O) groups excluding carboxylic acids is 1. The fraction of sp³-hybridized carbons (Fsp3) is 0.667. The second kappa shape index (κ2) is 7.23. The first kappa shape index (κ1) is 18.9. The summed E-state index contributed by atoms with van der Waals surface area (Å²) in [6.07, 6.45) is 0.776. The Bertz CT molecular complexity index is 746. The predicted octanol–water partition coefficient (Wildman–Crippen LogP) is -1.33. The van der Waals surface area contributed by atoms with E-state index in [1.54, 1.807) is 6.92 Å². The van der Waals surface area contributed by atoms with Crippen LogP contribution in [0.5, 0.6) is 0 Å². The van der Waals surface area contributed by atoms with Gasteiger partial charge in [0.2, 0.25) is 0 Å². The van der Waals surface area contributed by atoms with Gasteiger partial charge < -0.3 is 20.7 Å². The molecule has 3 atom stereocenters. The van der Waals surface area contributed by atoms with Gasteiger partial charge in [-0.15, -0.1) is 0 Å². The van der Waals surface area contributed by atoms with E-state index in [0.717, 1.165) is 5.41 Å². The first-order valence-corrected chi connectivity index (χ1v) is 11.2. The van der Waals surface area contributed by atoms with E-state index >= 15 is 0 Å². The number of ether oxygens (including phenoxy) is 1. The molecule has 1 fully saturated rings. The molecule has 2 aliphatic rings. The molecule has 3 N–H and O–H groups in total. The molecular formula is C12H19N3O6S3. The van der Waals surface area contributed by atoms with Crippen molar-refractivity contribution in [3.8, 4) is 0 Å². The Morgan fingerprint density at radius 3 is 2.29 bits per heavy atom. The zero-order chi connectivity index (χ0) is 18.0. The number of sulfone groups is 2. The number of hydrogen-bond donors (Lipinski definition) is 3. The van der Waals surface area contributed by atoms with E-state index in [-0.39, 0.29) is 29.0 Å². The van der Waals surface area contributed by atoms with Gasteiger partial charge in [-0.2, -0.15) is 0 Å². The monoisotopic (exact) mass is 397 g/mol. The summed E-state index contributed by atoms with van der Waals surface area (Å²) >= 11 is 5.11. The summed E-state index contributed by atoms with van der Waals surface area (Å²) in [6.45, 7) is 1.81. The molecule has 1 amide bonds. The van der Waals surface area contributed by atoms with E-state index in [1.807, 2.05) is 0 Å².